The highest BCUT2D eigenvalue weighted by Crippen LogP contribution is 2.30. The van der Waals surface area contributed by atoms with Crippen LogP contribution in [0.5, 0.6) is 0 Å². The normalized spacial score (nSPS) is 32.6. The van der Waals surface area contributed by atoms with E-state index in [1.54, 1.807) is 13.8 Å². The van der Waals surface area contributed by atoms with Gasteiger partial charge in [0, 0.05) is 6.42 Å². The fraction of sp³-hybridized carbons (Fsp3) is 0.900. The Bertz CT molecular complexity index is 507. The summed E-state index contributed by atoms with van der Waals surface area (Å²) >= 11 is 0. The van der Waals surface area contributed by atoms with Crippen molar-refractivity contribution in [2.75, 3.05) is 0 Å². The van der Waals surface area contributed by atoms with Crippen molar-refractivity contribution in [2.24, 2.45) is 11.8 Å². The molecular weight excluding hydrogens is 352 g/mol. The van der Waals surface area contributed by atoms with Crippen molar-refractivity contribution in [1.29, 1.82) is 0 Å². The summed E-state index contributed by atoms with van der Waals surface area (Å²) in [7, 11) is 0. The number of carboxylic acids is 1. The van der Waals surface area contributed by atoms with E-state index >= 15 is 0 Å². The van der Waals surface area contributed by atoms with E-state index in [2.05, 4.69) is 0 Å². The standard InChI is InChI=1S/C20H34O7/c1-11(21)9-15-5-8-18(26-15)14(4)20(24)25-12(2)10-16-6-7-17(27-16)13(3)19(22)23/h11-18,21H,5-10H2,1-4H3,(H,22,23)/t11-,12+,13-,14-,15-,16+,17-,18-/m1/s1. The zero-order valence-corrected chi connectivity index (χ0v) is 16.8. The van der Waals surface area contributed by atoms with Crippen LogP contribution in [0, 0.1) is 11.8 Å². The van der Waals surface area contributed by atoms with Gasteiger partial charge in [0.05, 0.1) is 42.4 Å². The first kappa shape index (κ1) is 22.1. The van der Waals surface area contributed by atoms with Crippen LogP contribution >= 0.6 is 0 Å². The Morgan fingerprint density at radius 1 is 0.926 bits per heavy atom. The van der Waals surface area contributed by atoms with Crippen LogP contribution in [0.2, 0.25) is 0 Å². The molecule has 0 spiro atoms. The Morgan fingerprint density at radius 3 is 1.96 bits per heavy atom. The van der Waals surface area contributed by atoms with Crippen LogP contribution in [-0.2, 0) is 23.8 Å². The summed E-state index contributed by atoms with van der Waals surface area (Å²) in [6.45, 7) is 7.06. The van der Waals surface area contributed by atoms with Gasteiger partial charge in [0.2, 0.25) is 0 Å². The molecular formula is C20H34O7. The zero-order chi connectivity index (χ0) is 20.1. The van der Waals surface area contributed by atoms with Crippen LogP contribution in [0.15, 0.2) is 0 Å². The van der Waals surface area contributed by atoms with Gasteiger partial charge in [-0.3, -0.25) is 9.59 Å². The molecule has 0 aromatic heterocycles. The largest absolute Gasteiger partial charge is 0.481 e. The van der Waals surface area contributed by atoms with E-state index in [4.69, 9.17) is 19.3 Å². The maximum absolute atomic E-state index is 12.4. The van der Waals surface area contributed by atoms with E-state index in [1.165, 1.54) is 0 Å². The minimum atomic E-state index is -0.848. The minimum Gasteiger partial charge on any atom is -0.481 e. The van der Waals surface area contributed by atoms with Crippen LogP contribution in [0.1, 0.15) is 66.2 Å². The van der Waals surface area contributed by atoms with Gasteiger partial charge in [-0.15, -0.1) is 0 Å². The molecule has 0 aliphatic carbocycles. The fourth-order valence-electron chi connectivity index (χ4n) is 3.96. The summed E-state index contributed by atoms with van der Waals surface area (Å²) in [4.78, 5) is 23.5. The maximum atomic E-state index is 12.4. The third-order valence-corrected chi connectivity index (χ3v) is 5.67. The molecule has 27 heavy (non-hydrogen) atoms. The highest BCUT2D eigenvalue weighted by atomic mass is 16.6. The van der Waals surface area contributed by atoms with Crippen LogP contribution in [0.25, 0.3) is 0 Å². The molecule has 2 fully saturated rings. The maximum Gasteiger partial charge on any atom is 0.311 e. The van der Waals surface area contributed by atoms with E-state index in [1.807, 2.05) is 13.8 Å². The molecule has 0 amide bonds. The minimum absolute atomic E-state index is 0.00252. The van der Waals surface area contributed by atoms with Crippen LogP contribution < -0.4 is 0 Å². The average molecular weight is 386 g/mol. The molecule has 156 valence electrons. The third-order valence-electron chi connectivity index (χ3n) is 5.67. The van der Waals surface area contributed by atoms with Gasteiger partial charge < -0.3 is 24.4 Å². The molecule has 7 nitrogen and oxygen atoms in total. The summed E-state index contributed by atoms with van der Waals surface area (Å²) in [5.41, 5.74) is 0. The van der Waals surface area contributed by atoms with Gasteiger partial charge in [-0.25, -0.2) is 0 Å². The summed E-state index contributed by atoms with van der Waals surface area (Å²) < 4.78 is 17.3. The number of aliphatic hydroxyl groups excluding tert-OH is 1. The van der Waals surface area contributed by atoms with E-state index in [-0.39, 0.29) is 42.4 Å². The molecule has 2 N–H and O–H groups in total. The predicted octanol–water partition coefficient (Wildman–Crippen LogP) is 2.53. The number of carbonyl (C=O) groups is 2. The van der Waals surface area contributed by atoms with Gasteiger partial charge in [-0.05, 0) is 59.8 Å². The fourth-order valence-corrected chi connectivity index (χ4v) is 3.96. The van der Waals surface area contributed by atoms with Crippen LogP contribution in [0.4, 0.5) is 0 Å². The Balaban J connectivity index is 1.73. The number of hydrogen-bond donors (Lipinski definition) is 2. The number of hydrogen-bond acceptors (Lipinski definition) is 6. The quantitative estimate of drug-likeness (QED) is 0.587. The monoisotopic (exact) mass is 386 g/mol. The molecule has 0 aromatic rings. The van der Waals surface area contributed by atoms with Crippen LogP contribution in [0.3, 0.4) is 0 Å². The first-order valence-electron chi connectivity index (χ1n) is 10.1. The van der Waals surface area contributed by atoms with Gasteiger partial charge >= 0.3 is 11.9 Å². The topological polar surface area (TPSA) is 102 Å². The van der Waals surface area contributed by atoms with E-state index < -0.39 is 18.0 Å². The molecule has 2 aliphatic heterocycles. The van der Waals surface area contributed by atoms with Crippen molar-refractivity contribution in [3.63, 3.8) is 0 Å². The first-order valence-corrected chi connectivity index (χ1v) is 10.1. The number of aliphatic hydroxyl groups is 1. The van der Waals surface area contributed by atoms with Gasteiger partial charge in [0.1, 0.15) is 6.10 Å². The van der Waals surface area contributed by atoms with Crippen molar-refractivity contribution in [3.05, 3.63) is 0 Å². The Kier molecular flexibility index (Phi) is 8.06. The second kappa shape index (κ2) is 9.85. The molecule has 2 rings (SSSR count). The molecule has 0 aromatic carbocycles. The number of esters is 1. The summed E-state index contributed by atoms with van der Waals surface area (Å²) in [5.74, 6) is -2.00. The Labute approximate surface area is 161 Å². The van der Waals surface area contributed by atoms with Crippen molar-refractivity contribution >= 4 is 11.9 Å². The number of rotatable bonds is 9. The van der Waals surface area contributed by atoms with Crippen molar-refractivity contribution in [1.82, 2.24) is 0 Å². The molecule has 2 heterocycles. The van der Waals surface area contributed by atoms with Crippen molar-refractivity contribution < 1.29 is 34.0 Å². The molecule has 2 saturated heterocycles. The average Bonchev–Trinajstić information content (AvgIpc) is 3.22. The second-order valence-corrected chi connectivity index (χ2v) is 8.23. The highest BCUT2D eigenvalue weighted by Gasteiger charge is 2.36. The number of carboxylic acid groups (broad SMARTS) is 1. The summed E-state index contributed by atoms with van der Waals surface area (Å²) in [6.07, 6.45) is 3.08. The lowest BCUT2D eigenvalue weighted by molar-refractivity contribution is -0.159. The van der Waals surface area contributed by atoms with E-state index in [9.17, 15) is 14.7 Å². The lowest BCUT2D eigenvalue weighted by Crippen LogP contribution is -2.32. The predicted molar refractivity (Wildman–Crippen MR) is 98.2 cm³/mol. The summed E-state index contributed by atoms with van der Waals surface area (Å²) in [6, 6.07) is 0. The van der Waals surface area contributed by atoms with Crippen LogP contribution in [-0.4, -0.2) is 58.8 Å². The van der Waals surface area contributed by atoms with E-state index in [0.29, 0.717) is 12.8 Å². The lowest BCUT2D eigenvalue weighted by Gasteiger charge is -2.23. The van der Waals surface area contributed by atoms with Crippen molar-refractivity contribution in [2.45, 2.75) is 103 Å². The molecule has 0 radical (unpaired) electrons. The first-order chi connectivity index (χ1) is 12.7. The SMILES string of the molecule is C[C@@H](O)C[C@H]1CC[C@H]([C@@H](C)C(=O)O[C@@H](C)C[C@@H]2CC[C@H]([C@@H](C)C(=O)O)O2)O1. The highest BCUT2D eigenvalue weighted by molar-refractivity contribution is 5.73. The van der Waals surface area contributed by atoms with Gasteiger partial charge in [-0.2, -0.15) is 0 Å². The number of aliphatic carboxylic acids is 1. The molecule has 7 heteroatoms. The zero-order valence-electron chi connectivity index (χ0n) is 16.8. The molecule has 8 atom stereocenters. The Hall–Kier alpha value is -1.18. The molecule has 0 bridgehead atoms. The second-order valence-electron chi connectivity index (χ2n) is 8.23. The molecule has 0 saturated carbocycles. The molecule has 0 unspecified atom stereocenters. The number of ether oxygens (including phenoxy) is 3. The summed E-state index contributed by atoms with van der Waals surface area (Å²) in [5, 5.41) is 18.6. The Morgan fingerprint density at radius 2 is 1.44 bits per heavy atom. The number of carbonyl (C=O) groups excluding carboxylic acids is 1. The lowest BCUT2D eigenvalue weighted by atomic mass is 10.0. The van der Waals surface area contributed by atoms with E-state index in [0.717, 1.165) is 25.7 Å². The third kappa shape index (κ3) is 6.43. The smallest absolute Gasteiger partial charge is 0.311 e. The van der Waals surface area contributed by atoms with Gasteiger partial charge in [-0.1, -0.05) is 0 Å². The van der Waals surface area contributed by atoms with Crippen molar-refractivity contribution in [3.8, 4) is 0 Å². The van der Waals surface area contributed by atoms with Gasteiger partial charge in [0.25, 0.3) is 0 Å². The molecule has 2 aliphatic rings. The van der Waals surface area contributed by atoms with Gasteiger partial charge in [0.15, 0.2) is 0 Å².